The van der Waals surface area contributed by atoms with Crippen molar-refractivity contribution in [1.82, 2.24) is 4.98 Å². The highest BCUT2D eigenvalue weighted by atomic mass is 127. The van der Waals surface area contributed by atoms with Crippen LogP contribution >= 0.6 is 34.2 Å². The number of carbonyl (C=O) groups is 1. The first-order valence-electron chi connectivity index (χ1n) is 3.99. The molecule has 0 aromatic carbocycles. The average molecular weight is 381 g/mol. The summed E-state index contributed by atoms with van der Waals surface area (Å²) < 4.78 is 39.8. The van der Waals surface area contributed by atoms with Crippen LogP contribution in [0.1, 0.15) is 16.1 Å². The molecule has 0 aliphatic carbocycles. The fourth-order valence-corrected chi connectivity index (χ4v) is 1.95. The molecule has 0 amide bonds. The number of halogens is 5. The number of aromatic carboxylic acids is 1. The van der Waals surface area contributed by atoms with E-state index in [0.29, 0.717) is 0 Å². The summed E-state index contributed by atoms with van der Waals surface area (Å²) in [5.41, 5.74) is -0.348. The van der Waals surface area contributed by atoms with Crippen LogP contribution < -0.4 is 4.74 Å². The third-order valence-corrected chi connectivity index (χ3v) is 3.02. The van der Waals surface area contributed by atoms with E-state index in [9.17, 15) is 18.0 Å². The van der Waals surface area contributed by atoms with Crippen LogP contribution in [-0.4, -0.2) is 22.4 Å². The van der Waals surface area contributed by atoms with Gasteiger partial charge in [0.25, 0.3) is 0 Å². The number of carboxylic acids is 1. The van der Waals surface area contributed by atoms with Crippen molar-refractivity contribution >= 4 is 40.2 Å². The summed E-state index contributed by atoms with van der Waals surface area (Å²) in [4.78, 5) is 13.9. The van der Waals surface area contributed by atoms with E-state index in [1.165, 1.54) is 0 Å². The quantitative estimate of drug-likeness (QED) is 0.646. The third kappa shape index (κ3) is 3.87. The Kier molecular flexibility index (Phi) is 4.42. The largest absolute Gasteiger partial charge is 0.574 e. The van der Waals surface area contributed by atoms with Gasteiger partial charge in [-0.15, -0.1) is 24.8 Å². The zero-order valence-electron chi connectivity index (χ0n) is 7.89. The van der Waals surface area contributed by atoms with Crippen molar-refractivity contribution in [3.63, 3.8) is 0 Å². The van der Waals surface area contributed by atoms with E-state index in [1.54, 1.807) is 22.6 Å². The second kappa shape index (κ2) is 5.25. The minimum absolute atomic E-state index is 0.0277. The van der Waals surface area contributed by atoms with Crippen LogP contribution in [0.25, 0.3) is 0 Å². The maximum Gasteiger partial charge on any atom is 0.574 e. The van der Waals surface area contributed by atoms with E-state index >= 15 is 0 Å². The van der Waals surface area contributed by atoms with Crippen molar-refractivity contribution in [2.24, 2.45) is 0 Å². The lowest BCUT2D eigenvalue weighted by molar-refractivity contribution is -0.276. The molecule has 0 fully saturated rings. The van der Waals surface area contributed by atoms with Gasteiger partial charge in [-0.05, 0) is 34.2 Å². The first kappa shape index (κ1) is 14.3. The van der Waals surface area contributed by atoms with Crippen molar-refractivity contribution in [2.75, 3.05) is 0 Å². The molecule has 0 atom stereocenters. The Balaban J connectivity index is 3.28. The van der Waals surface area contributed by atoms with Crippen molar-refractivity contribution in [1.29, 1.82) is 0 Å². The molecule has 0 spiro atoms. The lowest BCUT2D eigenvalue weighted by Crippen LogP contribution is -2.20. The predicted octanol–water partition coefficient (Wildman–Crippen LogP) is 3.02. The molecule has 94 valence electrons. The van der Waals surface area contributed by atoms with Crippen molar-refractivity contribution < 1.29 is 27.8 Å². The molecule has 0 radical (unpaired) electrons. The van der Waals surface area contributed by atoms with Crippen LogP contribution in [0.3, 0.4) is 0 Å². The standard InChI is InChI=1S/C8H4ClF3INO3/c9-2-3-1-4(7(15)16)14-6(5(3)13)17-8(10,11)12/h1H,2H2,(H,15,16). The fraction of sp³-hybridized carbons (Fsp3) is 0.250. The summed E-state index contributed by atoms with van der Waals surface area (Å²) >= 11 is 7.05. The maximum absolute atomic E-state index is 12.0. The van der Waals surface area contributed by atoms with Gasteiger partial charge < -0.3 is 9.84 Å². The molecule has 1 N–H and O–H groups in total. The lowest BCUT2D eigenvalue weighted by atomic mass is 10.2. The SMILES string of the molecule is O=C(O)c1cc(CCl)c(I)c(OC(F)(F)F)n1. The highest BCUT2D eigenvalue weighted by molar-refractivity contribution is 14.1. The molecular weight excluding hydrogens is 377 g/mol. The topological polar surface area (TPSA) is 59.4 Å². The fourth-order valence-electron chi connectivity index (χ4n) is 0.941. The smallest absolute Gasteiger partial charge is 0.477 e. The Morgan fingerprint density at radius 2 is 2.18 bits per heavy atom. The Morgan fingerprint density at radius 1 is 1.59 bits per heavy atom. The summed E-state index contributed by atoms with van der Waals surface area (Å²) in [7, 11) is 0. The third-order valence-electron chi connectivity index (χ3n) is 1.58. The van der Waals surface area contributed by atoms with Crippen LogP contribution in [0.5, 0.6) is 5.88 Å². The van der Waals surface area contributed by atoms with Gasteiger partial charge in [-0.3, -0.25) is 0 Å². The second-order valence-corrected chi connectivity index (χ2v) is 4.12. The van der Waals surface area contributed by atoms with Crippen molar-refractivity contribution in [3.05, 3.63) is 20.9 Å². The summed E-state index contributed by atoms with van der Waals surface area (Å²) in [6, 6.07) is 1.10. The monoisotopic (exact) mass is 381 g/mol. The first-order chi connectivity index (χ1) is 7.74. The molecule has 9 heteroatoms. The summed E-state index contributed by atoms with van der Waals surface area (Å²) in [6.07, 6.45) is -4.94. The predicted molar refractivity (Wildman–Crippen MR) is 60.2 cm³/mol. The van der Waals surface area contributed by atoms with Crippen LogP contribution in [0.2, 0.25) is 0 Å². The molecule has 0 unspecified atom stereocenters. The van der Waals surface area contributed by atoms with Gasteiger partial charge in [-0.25, -0.2) is 9.78 Å². The van der Waals surface area contributed by atoms with Crippen molar-refractivity contribution in [2.45, 2.75) is 12.2 Å². The summed E-state index contributed by atoms with van der Waals surface area (Å²) in [5.74, 6) is -2.41. The number of nitrogens with zero attached hydrogens (tertiary/aromatic N) is 1. The maximum atomic E-state index is 12.0. The minimum Gasteiger partial charge on any atom is -0.477 e. The first-order valence-corrected chi connectivity index (χ1v) is 5.60. The molecular formula is C8H4ClF3INO3. The van der Waals surface area contributed by atoms with E-state index in [-0.39, 0.29) is 15.0 Å². The number of aromatic nitrogens is 1. The van der Waals surface area contributed by atoms with Crippen molar-refractivity contribution in [3.8, 4) is 5.88 Å². The van der Waals surface area contributed by atoms with Gasteiger partial charge in [0.05, 0.1) is 3.57 Å². The molecule has 1 heterocycles. The van der Waals surface area contributed by atoms with E-state index in [1.807, 2.05) is 0 Å². The molecule has 1 aromatic rings. The molecule has 0 saturated carbocycles. The highest BCUT2D eigenvalue weighted by Crippen LogP contribution is 2.29. The van der Waals surface area contributed by atoms with E-state index in [0.717, 1.165) is 6.07 Å². The Hall–Kier alpha value is -0.770. The van der Waals surface area contributed by atoms with Gasteiger partial charge in [0, 0.05) is 5.88 Å². The minimum atomic E-state index is -4.94. The van der Waals surface area contributed by atoms with Gasteiger partial charge in [-0.2, -0.15) is 0 Å². The Bertz CT molecular complexity index is 452. The van der Waals surface area contributed by atoms with Gasteiger partial charge in [0.2, 0.25) is 5.88 Å². The Labute approximate surface area is 112 Å². The summed E-state index contributed by atoms with van der Waals surface area (Å²) in [6.45, 7) is 0. The van der Waals surface area contributed by atoms with Gasteiger partial charge >= 0.3 is 12.3 Å². The molecule has 17 heavy (non-hydrogen) atoms. The molecule has 4 nitrogen and oxygen atoms in total. The highest BCUT2D eigenvalue weighted by Gasteiger charge is 2.33. The molecule has 0 aliphatic rings. The second-order valence-electron chi connectivity index (χ2n) is 2.77. The van der Waals surface area contributed by atoms with Crippen LogP contribution in [0.4, 0.5) is 13.2 Å². The van der Waals surface area contributed by atoms with E-state index < -0.39 is 23.9 Å². The lowest BCUT2D eigenvalue weighted by Gasteiger charge is -2.12. The zero-order valence-corrected chi connectivity index (χ0v) is 10.8. The molecule has 0 aliphatic heterocycles. The number of hydrogen-bond acceptors (Lipinski definition) is 3. The average Bonchev–Trinajstić information content (AvgIpc) is 2.18. The molecule has 0 saturated heterocycles. The van der Waals surface area contributed by atoms with Gasteiger partial charge in [0.15, 0.2) is 5.69 Å². The van der Waals surface area contributed by atoms with E-state index in [4.69, 9.17) is 16.7 Å². The number of carboxylic acid groups (broad SMARTS) is 1. The van der Waals surface area contributed by atoms with Gasteiger partial charge in [-0.1, -0.05) is 0 Å². The van der Waals surface area contributed by atoms with E-state index in [2.05, 4.69) is 9.72 Å². The van der Waals surface area contributed by atoms with Crippen LogP contribution in [-0.2, 0) is 5.88 Å². The number of hydrogen-bond donors (Lipinski definition) is 1. The molecule has 0 bridgehead atoms. The Morgan fingerprint density at radius 3 is 2.59 bits per heavy atom. The molecule has 1 aromatic heterocycles. The van der Waals surface area contributed by atoms with Gasteiger partial charge in [0.1, 0.15) is 0 Å². The normalized spacial score (nSPS) is 11.4. The zero-order chi connectivity index (χ0) is 13.2. The molecule has 1 rings (SSSR count). The van der Waals surface area contributed by atoms with Crippen LogP contribution in [0.15, 0.2) is 6.07 Å². The number of rotatable bonds is 3. The number of ether oxygens (including phenoxy) is 1. The number of pyridine rings is 1. The van der Waals surface area contributed by atoms with Crippen LogP contribution in [0, 0.1) is 3.57 Å². The number of alkyl halides is 4. The summed E-state index contributed by atoms with van der Waals surface area (Å²) in [5, 5.41) is 8.67.